The van der Waals surface area contributed by atoms with E-state index in [1.807, 2.05) is 0 Å². The van der Waals surface area contributed by atoms with Gasteiger partial charge in [0.05, 0.1) is 0 Å². The highest BCUT2D eigenvalue weighted by atomic mass is 79.9. The lowest BCUT2D eigenvalue weighted by Crippen LogP contribution is -2.04. The Labute approximate surface area is 90.3 Å². The average Bonchev–Trinajstić information content (AvgIpc) is 2.27. The summed E-state index contributed by atoms with van der Waals surface area (Å²) in [4.78, 5) is 13.9. The molecule has 0 saturated carbocycles. The highest BCUT2D eigenvalue weighted by molar-refractivity contribution is 9.11. The predicted octanol–water partition coefficient (Wildman–Crippen LogP) is 1.92. The first-order valence-electron chi connectivity index (χ1n) is 3.12. The monoisotopic (exact) mass is 313 g/mol. The van der Waals surface area contributed by atoms with E-state index in [0.29, 0.717) is 4.73 Å². The fourth-order valence-electron chi connectivity index (χ4n) is 0.808. The molecule has 0 unspecified atom stereocenters. The minimum absolute atomic E-state index is 0.0789. The molecular formula is C5H5Br2N3O3. The zero-order valence-corrected chi connectivity index (χ0v) is 9.70. The first kappa shape index (κ1) is 10.6. The van der Waals surface area contributed by atoms with Crippen molar-refractivity contribution in [2.45, 2.75) is 6.73 Å². The van der Waals surface area contributed by atoms with Crippen LogP contribution in [0.5, 0.6) is 0 Å². The average molecular weight is 315 g/mol. The highest BCUT2D eigenvalue weighted by Crippen LogP contribution is 2.28. The number of nitrogens with zero attached hydrogens (tertiary/aromatic N) is 3. The van der Waals surface area contributed by atoms with E-state index < -0.39 is 4.92 Å². The summed E-state index contributed by atoms with van der Waals surface area (Å²) in [6.45, 7) is 0.0789. The molecule has 0 radical (unpaired) electrons. The number of nitro groups is 1. The van der Waals surface area contributed by atoms with Crippen LogP contribution in [0.4, 0.5) is 5.82 Å². The smallest absolute Gasteiger partial charge is 0.358 e. The van der Waals surface area contributed by atoms with Gasteiger partial charge in [-0.2, -0.15) is 9.55 Å². The second kappa shape index (κ2) is 4.16. The minimum Gasteiger partial charge on any atom is -0.358 e. The van der Waals surface area contributed by atoms with Gasteiger partial charge in [0.25, 0.3) is 4.73 Å². The predicted molar refractivity (Wildman–Crippen MR) is 51.3 cm³/mol. The van der Waals surface area contributed by atoms with Gasteiger partial charge in [-0.3, -0.25) is 0 Å². The van der Waals surface area contributed by atoms with Crippen LogP contribution in [0.3, 0.4) is 0 Å². The first-order chi connectivity index (χ1) is 6.07. The first-order valence-corrected chi connectivity index (χ1v) is 4.71. The molecule has 1 aromatic heterocycles. The Balaban J connectivity index is 3.20. The molecular weight excluding hydrogens is 310 g/mol. The number of aromatic nitrogens is 2. The van der Waals surface area contributed by atoms with Crippen molar-refractivity contribution in [1.29, 1.82) is 0 Å². The highest BCUT2D eigenvalue weighted by Gasteiger charge is 2.24. The number of hydrogen-bond acceptors (Lipinski definition) is 4. The van der Waals surface area contributed by atoms with E-state index in [-0.39, 0.29) is 17.2 Å². The van der Waals surface area contributed by atoms with Crippen molar-refractivity contribution < 1.29 is 9.66 Å². The van der Waals surface area contributed by atoms with Crippen molar-refractivity contribution in [3.8, 4) is 0 Å². The van der Waals surface area contributed by atoms with Crippen LogP contribution in [0.2, 0.25) is 0 Å². The Morgan fingerprint density at radius 2 is 2.31 bits per heavy atom. The van der Waals surface area contributed by atoms with Gasteiger partial charge in [-0.25, -0.2) is 0 Å². The fourth-order valence-corrected chi connectivity index (χ4v) is 2.02. The van der Waals surface area contributed by atoms with Crippen molar-refractivity contribution in [3.05, 3.63) is 19.5 Å². The summed E-state index contributed by atoms with van der Waals surface area (Å²) >= 11 is 6.05. The Kier molecular flexibility index (Phi) is 3.40. The van der Waals surface area contributed by atoms with Gasteiger partial charge in [0.2, 0.25) is 4.60 Å². The summed E-state index contributed by atoms with van der Waals surface area (Å²) in [6, 6.07) is 0. The molecule has 0 atom stereocenters. The van der Waals surface area contributed by atoms with Crippen LogP contribution in [-0.4, -0.2) is 21.6 Å². The minimum atomic E-state index is -0.527. The summed E-state index contributed by atoms with van der Waals surface area (Å²) in [5.41, 5.74) is 0. The fraction of sp³-hybridized carbons (Fsp3) is 0.400. The molecule has 0 saturated heterocycles. The van der Waals surface area contributed by atoms with Gasteiger partial charge in [-0.15, -0.1) is 0 Å². The summed E-state index contributed by atoms with van der Waals surface area (Å²) in [7, 11) is 1.45. The van der Waals surface area contributed by atoms with Crippen LogP contribution in [0.1, 0.15) is 0 Å². The maximum atomic E-state index is 10.6. The lowest BCUT2D eigenvalue weighted by molar-refractivity contribution is -0.394. The molecule has 72 valence electrons. The van der Waals surface area contributed by atoms with E-state index in [0.717, 1.165) is 0 Å². The number of imidazole rings is 1. The topological polar surface area (TPSA) is 70.2 Å². The standard InChI is InChI=1S/C5H5Br2N3O3/c1-13-2-9-4(10(11)12)3(6)8-5(9)7/h2H2,1H3. The number of ether oxygens (including phenoxy) is 1. The van der Waals surface area contributed by atoms with Crippen LogP contribution < -0.4 is 0 Å². The lowest BCUT2D eigenvalue weighted by Gasteiger charge is -1.99. The molecule has 0 bridgehead atoms. The summed E-state index contributed by atoms with van der Waals surface area (Å²) in [5.74, 6) is -0.131. The second-order valence-corrected chi connectivity index (χ2v) is 3.56. The third kappa shape index (κ3) is 2.06. The molecule has 1 aromatic rings. The molecule has 0 N–H and O–H groups in total. The van der Waals surface area contributed by atoms with Gasteiger partial charge in [0.1, 0.15) is 0 Å². The van der Waals surface area contributed by atoms with Crippen molar-refractivity contribution >= 4 is 37.7 Å². The number of hydrogen-bond donors (Lipinski definition) is 0. The van der Waals surface area contributed by atoms with Crippen LogP contribution in [0, 0.1) is 10.1 Å². The maximum Gasteiger partial charge on any atom is 0.360 e. The van der Waals surface area contributed by atoms with Crippen molar-refractivity contribution in [3.63, 3.8) is 0 Å². The summed E-state index contributed by atoms with van der Waals surface area (Å²) in [5, 5.41) is 10.6. The normalized spacial score (nSPS) is 10.4. The molecule has 1 heterocycles. The molecule has 0 aromatic carbocycles. The van der Waals surface area contributed by atoms with Crippen LogP contribution in [-0.2, 0) is 11.5 Å². The number of rotatable bonds is 3. The van der Waals surface area contributed by atoms with Crippen LogP contribution in [0.15, 0.2) is 9.34 Å². The SMILES string of the molecule is COCn1c(Br)nc(Br)c1[N+](=O)[O-]. The zero-order valence-electron chi connectivity index (χ0n) is 6.53. The summed E-state index contributed by atoms with van der Waals surface area (Å²) in [6.07, 6.45) is 0. The van der Waals surface area contributed by atoms with Gasteiger partial charge < -0.3 is 14.9 Å². The lowest BCUT2D eigenvalue weighted by atomic mass is 10.7. The summed E-state index contributed by atoms with van der Waals surface area (Å²) < 4.78 is 6.61. The van der Waals surface area contributed by atoms with Gasteiger partial charge in [-0.1, -0.05) is 0 Å². The van der Waals surface area contributed by atoms with E-state index in [2.05, 4.69) is 36.8 Å². The van der Waals surface area contributed by atoms with Crippen LogP contribution >= 0.6 is 31.9 Å². The molecule has 0 aliphatic rings. The largest absolute Gasteiger partial charge is 0.360 e. The zero-order chi connectivity index (χ0) is 10.0. The van der Waals surface area contributed by atoms with Crippen molar-refractivity contribution in [2.75, 3.05) is 7.11 Å². The van der Waals surface area contributed by atoms with E-state index in [1.54, 1.807) is 0 Å². The van der Waals surface area contributed by atoms with Gasteiger partial charge >= 0.3 is 5.82 Å². The molecule has 0 aliphatic heterocycles. The van der Waals surface area contributed by atoms with E-state index >= 15 is 0 Å². The number of methoxy groups -OCH3 is 1. The molecule has 8 heteroatoms. The quantitative estimate of drug-likeness (QED) is 0.631. The third-order valence-corrected chi connectivity index (χ3v) is 2.42. The van der Waals surface area contributed by atoms with Crippen LogP contribution in [0.25, 0.3) is 0 Å². The van der Waals surface area contributed by atoms with E-state index in [9.17, 15) is 10.1 Å². The van der Waals surface area contributed by atoms with Gasteiger partial charge in [0, 0.05) is 23.0 Å². The Morgan fingerprint density at radius 3 is 2.77 bits per heavy atom. The van der Waals surface area contributed by atoms with E-state index in [1.165, 1.54) is 11.7 Å². The molecule has 1 rings (SSSR count). The number of halogens is 2. The maximum absolute atomic E-state index is 10.6. The van der Waals surface area contributed by atoms with Crippen molar-refractivity contribution in [1.82, 2.24) is 9.55 Å². The second-order valence-electron chi connectivity index (χ2n) is 2.10. The Bertz CT molecular complexity index is 338. The Morgan fingerprint density at radius 1 is 1.69 bits per heavy atom. The van der Waals surface area contributed by atoms with E-state index in [4.69, 9.17) is 4.74 Å². The molecule has 6 nitrogen and oxygen atoms in total. The van der Waals surface area contributed by atoms with Crippen molar-refractivity contribution in [2.24, 2.45) is 0 Å². The molecule has 13 heavy (non-hydrogen) atoms. The van der Waals surface area contributed by atoms with Gasteiger partial charge in [-0.05, 0) is 20.9 Å². The van der Waals surface area contributed by atoms with Gasteiger partial charge in [0.15, 0.2) is 6.73 Å². The molecule has 0 spiro atoms. The third-order valence-electron chi connectivity index (χ3n) is 1.28. The molecule has 0 aliphatic carbocycles. The molecule has 0 fully saturated rings. The molecule has 0 amide bonds. The Hall–Kier alpha value is -0.470.